The molecule has 0 saturated carbocycles. The van der Waals surface area contributed by atoms with E-state index in [1.54, 1.807) is 53.9 Å². The Morgan fingerprint density at radius 3 is 2.14 bits per heavy atom. The van der Waals surface area contributed by atoms with Crippen molar-refractivity contribution < 1.29 is 33.3 Å². The van der Waals surface area contributed by atoms with Gasteiger partial charge < -0.3 is 23.7 Å². The number of hydrogen-bond acceptors (Lipinski definition) is 7. The standard InChI is InChI=1S/C21H33NO7/c1-15(2)28-19(23)18(22(13-25-6)20(24)29-21(3,4)5)12-16-8-10-17(11-9-16)27-14-26-7/h8-11,15,18H,12-14H2,1-7H3/t18-/m0/s1. The Hall–Kier alpha value is -2.32. The Morgan fingerprint density at radius 2 is 1.66 bits per heavy atom. The summed E-state index contributed by atoms with van der Waals surface area (Å²) in [5, 5.41) is 0. The van der Waals surface area contributed by atoms with E-state index in [9.17, 15) is 9.59 Å². The SMILES string of the molecule is COCOc1ccc(C[C@@H](C(=O)OC(C)C)N(COC)C(=O)OC(C)(C)C)cc1. The van der Waals surface area contributed by atoms with Crippen molar-refractivity contribution in [2.45, 2.75) is 58.8 Å². The molecule has 0 aliphatic heterocycles. The summed E-state index contributed by atoms with van der Waals surface area (Å²) in [4.78, 5) is 26.8. The molecule has 0 aliphatic carbocycles. The van der Waals surface area contributed by atoms with Crippen molar-refractivity contribution in [3.63, 3.8) is 0 Å². The van der Waals surface area contributed by atoms with Gasteiger partial charge in [0.05, 0.1) is 6.10 Å². The third kappa shape index (κ3) is 9.15. The minimum absolute atomic E-state index is 0.109. The summed E-state index contributed by atoms with van der Waals surface area (Å²) in [6.45, 7) is 8.82. The molecular weight excluding hydrogens is 378 g/mol. The lowest BCUT2D eigenvalue weighted by Gasteiger charge is -2.32. The second-order valence-electron chi connectivity index (χ2n) is 7.77. The number of hydrogen-bond donors (Lipinski definition) is 0. The van der Waals surface area contributed by atoms with Gasteiger partial charge in [0.2, 0.25) is 0 Å². The molecule has 29 heavy (non-hydrogen) atoms. The van der Waals surface area contributed by atoms with Gasteiger partial charge in [-0.25, -0.2) is 9.59 Å². The van der Waals surface area contributed by atoms with Crippen LogP contribution in [0.1, 0.15) is 40.2 Å². The number of benzene rings is 1. The van der Waals surface area contributed by atoms with Crippen molar-refractivity contribution >= 4 is 12.1 Å². The van der Waals surface area contributed by atoms with Gasteiger partial charge in [-0.15, -0.1) is 0 Å². The number of rotatable bonds is 10. The zero-order chi connectivity index (χ0) is 22.0. The van der Waals surface area contributed by atoms with Crippen LogP contribution >= 0.6 is 0 Å². The van der Waals surface area contributed by atoms with E-state index in [0.717, 1.165) is 5.56 Å². The van der Waals surface area contributed by atoms with Gasteiger partial charge in [0, 0.05) is 20.6 Å². The van der Waals surface area contributed by atoms with Crippen molar-refractivity contribution in [2.75, 3.05) is 27.7 Å². The quantitative estimate of drug-likeness (QED) is 0.431. The van der Waals surface area contributed by atoms with Gasteiger partial charge in [0.25, 0.3) is 0 Å². The van der Waals surface area contributed by atoms with E-state index < -0.39 is 23.7 Å². The molecule has 0 radical (unpaired) electrons. The minimum atomic E-state index is -0.905. The first kappa shape index (κ1) is 24.7. The maximum atomic E-state index is 12.8. The second-order valence-corrected chi connectivity index (χ2v) is 7.77. The lowest BCUT2D eigenvalue weighted by Crippen LogP contribution is -2.50. The highest BCUT2D eigenvalue weighted by Crippen LogP contribution is 2.19. The van der Waals surface area contributed by atoms with Crippen LogP contribution in [0.3, 0.4) is 0 Å². The minimum Gasteiger partial charge on any atom is -0.468 e. The number of esters is 1. The Balaban J connectivity index is 3.09. The molecule has 0 bridgehead atoms. The fourth-order valence-corrected chi connectivity index (χ4v) is 2.43. The fourth-order valence-electron chi connectivity index (χ4n) is 2.43. The molecule has 1 atom stereocenters. The Morgan fingerprint density at radius 1 is 1.03 bits per heavy atom. The number of nitrogens with zero attached hydrogens (tertiary/aromatic N) is 1. The molecule has 0 aromatic heterocycles. The van der Waals surface area contributed by atoms with Gasteiger partial charge in [-0.2, -0.15) is 0 Å². The van der Waals surface area contributed by atoms with Crippen molar-refractivity contribution in [3.8, 4) is 5.75 Å². The third-order valence-corrected chi connectivity index (χ3v) is 3.59. The average Bonchev–Trinajstić information content (AvgIpc) is 2.61. The largest absolute Gasteiger partial charge is 0.468 e. The van der Waals surface area contributed by atoms with Gasteiger partial charge in [0.1, 0.15) is 24.1 Å². The highest BCUT2D eigenvalue weighted by Gasteiger charge is 2.34. The van der Waals surface area contributed by atoms with Crippen LogP contribution in [0.4, 0.5) is 4.79 Å². The number of carbonyl (C=O) groups is 2. The molecule has 1 aromatic rings. The molecule has 8 nitrogen and oxygen atoms in total. The topological polar surface area (TPSA) is 83.5 Å². The maximum absolute atomic E-state index is 12.8. The molecule has 8 heteroatoms. The van der Waals surface area contributed by atoms with Crippen LogP contribution < -0.4 is 4.74 Å². The van der Waals surface area contributed by atoms with Crippen LogP contribution in [0.25, 0.3) is 0 Å². The molecule has 164 valence electrons. The number of methoxy groups -OCH3 is 2. The number of amides is 1. The van der Waals surface area contributed by atoms with Crippen LogP contribution in [0.15, 0.2) is 24.3 Å². The van der Waals surface area contributed by atoms with E-state index in [-0.39, 0.29) is 26.0 Å². The van der Waals surface area contributed by atoms with Crippen molar-refractivity contribution in [3.05, 3.63) is 29.8 Å². The number of ether oxygens (including phenoxy) is 5. The molecule has 0 aliphatic rings. The molecule has 0 fully saturated rings. The first-order valence-electron chi connectivity index (χ1n) is 9.47. The predicted octanol–water partition coefficient (Wildman–Crippen LogP) is 3.37. The molecule has 0 N–H and O–H groups in total. The lowest BCUT2D eigenvalue weighted by atomic mass is 10.0. The second kappa shape index (κ2) is 11.6. The summed E-state index contributed by atoms with van der Waals surface area (Å²) < 4.78 is 26.3. The van der Waals surface area contributed by atoms with Crippen molar-refractivity contribution in [1.29, 1.82) is 0 Å². The molecule has 1 rings (SSSR count). The third-order valence-electron chi connectivity index (χ3n) is 3.59. The molecule has 1 aromatic carbocycles. The van der Waals surface area contributed by atoms with E-state index in [1.165, 1.54) is 12.0 Å². The van der Waals surface area contributed by atoms with Crippen molar-refractivity contribution in [2.24, 2.45) is 0 Å². The smallest absolute Gasteiger partial charge is 0.412 e. The fraction of sp³-hybridized carbons (Fsp3) is 0.619. The molecule has 0 saturated heterocycles. The highest BCUT2D eigenvalue weighted by atomic mass is 16.7. The van der Waals surface area contributed by atoms with E-state index in [2.05, 4.69) is 0 Å². The summed E-state index contributed by atoms with van der Waals surface area (Å²) >= 11 is 0. The first-order chi connectivity index (χ1) is 13.6. The van der Waals surface area contributed by atoms with Gasteiger partial charge in [0.15, 0.2) is 6.79 Å². The summed E-state index contributed by atoms with van der Waals surface area (Å²) in [6.07, 6.45) is -0.735. The normalized spacial score (nSPS) is 12.4. The molecule has 1 amide bonds. The summed E-state index contributed by atoms with van der Waals surface area (Å²) in [5.74, 6) is 0.111. The molecular formula is C21H33NO7. The monoisotopic (exact) mass is 411 g/mol. The predicted molar refractivity (Wildman–Crippen MR) is 108 cm³/mol. The van der Waals surface area contributed by atoms with Crippen molar-refractivity contribution in [1.82, 2.24) is 4.90 Å². The average molecular weight is 411 g/mol. The Bertz CT molecular complexity index is 637. The molecule has 0 unspecified atom stereocenters. The van der Waals surface area contributed by atoms with Crippen LogP contribution in [0.2, 0.25) is 0 Å². The Labute approximate surface area is 173 Å². The first-order valence-corrected chi connectivity index (χ1v) is 9.47. The van der Waals surface area contributed by atoms with E-state index in [4.69, 9.17) is 23.7 Å². The number of carbonyl (C=O) groups excluding carboxylic acids is 2. The van der Waals surface area contributed by atoms with Gasteiger partial charge in [-0.3, -0.25) is 4.90 Å². The Kier molecular flexibility index (Phi) is 9.91. The zero-order valence-corrected chi connectivity index (χ0v) is 18.4. The highest BCUT2D eigenvalue weighted by molar-refractivity contribution is 5.82. The van der Waals surface area contributed by atoms with Crippen LogP contribution in [-0.4, -0.2) is 62.5 Å². The summed E-state index contributed by atoms with van der Waals surface area (Å²) in [6, 6.07) is 6.28. The maximum Gasteiger partial charge on any atom is 0.412 e. The molecule has 0 spiro atoms. The van der Waals surface area contributed by atoms with Crippen LogP contribution in [0.5, 0.6) is 5.75 Å². The lowest BCUT2D eigenvalue weighted by molar-refractivity contribution is -0.155. The van der Waals surface area contributed by atoms with E-state index in [1.807, 2.05) is 12.1 Å². The summed E-state index contributed by atoms with van der Waals surface area (Å²) in [5.41, 5.74) is 0.112. The van der Waals surface area contributed by atoms with Gasteiger partial charge in [-0.05, 0) is 52.3 Å². The summed E-state index contributed by atoms with van der Waals surface area (Å²) in [7, 11) is 2.99. The van der Waals surface area contributed by atoms with Crippen LogP contribution in [-0.2, 0) is 30.2 Å². The van der Waals surface area contributed by atoms with Gasteiger partial charge in [-0.1, -0.05) is 12.1 Å². The molecule has 0 heterocycles. The zero-order valence-electron chi connectivity index (χ0n) is 18.4. The van der Waals surface area contributed by atoms with Gasteiger partial charge >= 0.3 is 12.1 Å². The van der Waals surface area contributed by atoms with E-state index in [0.29, 0.717) is 5.75 Å². The van der Waals surface area contributed by atoms with E-state index >= 15 is 0 Å². The van der Waals surface area contributed by atoms with Crippen LogP contribution in [0, 0.1) is 0 Å².